The maximum Gasteiger partial charge on any atom is 0.416 e. The van der Waals surface area contributed by atoms with Crippen molar-refractivity contribution >= 4 is 39.9 Å². The third-order valence-corrected chi connectivity index (χ3v) is 11.4. The van der Waals surface area contributed by atoms with E-state index in [0.29, 0.717) is 30.0 Å². The number of aliphatic hydroxyl groups excluding tert-OH is 1. The van der Waals surface area contributed by atoms with Crippen LogP contribution in [0.2, 0.25) is 0 Å². The lowest BCUT2D eigenvalue weighted by molar-refractivity contribution is -0.137. The molecule has 5 rings (SSSR count). The lowest BCUT2D eigenvalue weighted by Crippen LogP contribution is -2.50. The van der Waals surface area contributed by atoms with E-state index in [4.69, 9.17) is 0 Å². The molecule has 0 unspecified atom stereocenters. The minimum atomic E-state index is -4.55. The second-order valence-corrected chi connectivity index (χ2v) is 16.1. The standard InChI is InChI=1S/C38H45F5N4O5S.ClH/c1-5-8-28(9-6-2)47-22-32-30(19-29(20-31(32)36(47)50)46(3)53(4,51)52)35(49)45-33(16-23-14-26(39)18-27(40)15-23)34(48)21-44-37(12-13-37)24-10-7-11-25(17-24)38(41,42)43;/h7,10-11,14-15,17-20,28,33-34,44,48H,5-6,8-9,12-13,16,21-22H2,1-4H3,(H,45,49);1H/t33-,34-;/m0./s1. The summed E-state index contributed by atoms with van der Waals surface area (Å²) in [6.45, 7) is 3.89. The molecule has 3 aromatic carbocycles. The Morgan fingerprint density at radius 2 is 1.65 bits per heavy atom. The van der Waals surface area contributed by atoms with Crippen molar-refractivity contribution in [1.29, 1.82) is 0 Å². The molecular weight excluding hydrogens is 755 g/mol. The van der Waals surface area contributed by atoms with Crippen LogP contribution in [0.25, 0.3) is 0 Å². The van der Waals surface area contributed by atoms with Gasteiger partial charge in [-0.15, -0.1) is 12.4 Å². The molecule has 2 atom stereocenters. The van der Waals surface area contributed by atoms with E-state index < -0.39 is 57.0 Å². The number of benzene rings is 3. The van der Waals surface area contributed by atoms with Crippen LogP contribution < -0.4 is 14.9 Å². The Morgan fingerprint density at radius 3 is 2.20 bits per heavy atom. The number of alkyl halides is 3. The van der Waals surface area contributed by atoms with Gasteiger partial charge in [-0.2, -0.15) is 13.2 Å². The molecule has 3 aromatic rings. The van der Waals surface area contributed by atoms with Crippen LogP contribution in [0.15, 0.2) is 54.6 Å². The van der Waals surface area contributed by atoms with Crippen molar-refractivity contribution in [3.63, 3.8) is 0 Å². The zero-order valence-corrected chi connectivity index (χ0v) is 32.1. The number of rotatable bonds is 16. The molecule has 0 bridgehead atoms. The van der Waals surface area contributed by atoms with Gasteiger partial charge in [0.2, 0.25) is 10.0 Å². The summed E-state index contributed by atoms with van der Waals surface area (Å²) in [5.74, 6) is -2.85. The predicted molar refractivity (Wildman–Crippen MR) is 198 cm³/mol. The predicted octanol–water partition coefficient (Wildman–Crippen LogP) is 6.71. The first-order chi connectivity index (χ1) is 24.9. The van der Waals surface area contributed by atoms with Gasteiger partial charge in [-0.25, -0.2) is 17.2 Å². The van der Waals surface area contributed by atoms with E-state index in [1.165, 1.54) is 25.2 Å². The third-order valence-electron chi connectivity index (χ3n) is 10.1. The number of nitrogens with one attached hydrogen (secondary N) is 2. The van der Waals surface area contributed by atoms with Crippen molar-refractivity contribution in [3.8, 4) is 0 Å². The van der Waals surface area contributed by atoms with Gasteiger partial charge in [0.05, 0.1) is 29.7 Å². The fourth-order valence-corrected chi connectivity index (χ4v) is 7.54. The van der Waals surface area contributed by atoms with Crippen LogP contribution >= 0.6 is 12.4 Å². The van der Waals surface area contributed by atoms with E-state index in [1.54, 1.807) is 11.0 Å². The van der Waals surface area contributed by atoms with Crippen LogP contribution in [0.5, 0.6) is 0 Å². The third kappa shape index (κ3) is 9.71. The topological polar surface area (TPSA) is 119 Å². The number of hydrogen-bond donors (Lipinski definition) is 3. The van der Waals surface area contributed by atoms with Gasteiger partial charge in [0.25, 0.3) is 11.8 Å². The molecule has 54 heavy (non-hydrogen) atoms. The molecule has 296 valence electrons. The second kappa shape index (κ2) is 16.9. The summed E-state index contributed by atoms with van der Waals surface area (Å²) in [6, 6.07) is 9.19. The van der Waals surface area contributed by atoms with Crippen LogP contribution in [0, 0.1) is 11.6 Å². The lowest BCUT2D eigenvalue weighted by Gasteiger charge is -2.28. The maximum atomic E-state index is 14.3. The molecule has 1 aliphatic carbocycles. The first kappa shape index (κ1) is 42.9. The molecule has 1 saturated carbocycles. The number of halogens is 6. The fourth-order valence-electron chi connectivity index (χ4n) is 7.05. The van der Waals surface area contributed by atoms with Crippen LogP contribution in [0.4, 0.5) is 27.6 Å². The van der Waals surface area contributed by atoms with Crippen LogP contribution in [-0.4, -0.2) is 68.3 Å². The Hall–Kier alpha value is -3.79. The van der Waals surface area contributed by atoms with E-state index in [2.05, 4.69) is 10.6 Å². The van der Waals surface area contributed by atoms with Gasteiger partial charge >= 0.3 is 6.18 Å². The number of sulfonamides is 1. The van der Waals surface area contributed by atoms with Crippen molar-refractivity contribution in [2.75, 3.05) is 24.2 Å². The number of hydrogen-bond acceptors (Lipinski definition) is 6. The number of fused-ring (bicyclic) bond motifs is 1. The minimum absolute atomic E-state index is 0. The summed E-state index contributed by atoms with van der Waals surface area (Å²) in [5.41, 5.74) is -0.567. The molecule has 3 N–H and O–H groups in total. The number of anilines is 1. The van der Waals surface area contributed by atoms with Crippen molar-refractivity contribution in [1.82, 2.24) is 15.5 Å². The van der Waals surface area contributed by atoms with Gasteiger partial charge in [0.1, 0.15) is 11.6 Å². The molecule has 1 heterocycles. The van der Waals surface area contributed by atoms with E-state index in [9.17, 15) is 45.1 Å². The molecule has 2 aliphatic rings. The highest BCUT2D eigenvalue weighted by molar-refractivity contribution is 7.92. The lowest BCUT2D eigenvalue weighted by atomic mass is 9.97. The largest absolute Gasteiger partial charge is 0.416 e. The smallest absolute Gasteiger partial charge is 0.390 e. The zero-order chi connectivity index (χ0) is 38.9. The number of nitrogens with zero attached hydrogens (tertiary/aromatic N) is 2. The Labute approximate surface area is 318 Å². The van der Waals surface area contributed by atoms with Crippen molar-refractivity contribution in [3.05, 3.63) is 99.6 Å². The van der Waals surface area contributed by atoms with Crippen LogP contribution in [0.3, 0.4) is 0 Å². The Bertz CT molecular complexity index is 1930. The second-order valence-electron chi connectivity index (χ2n) is 14.1. The molecule has 0 spiro atoms. The van der Waals surface area contributed by atoms with Crippen LogP contribution in [0.1, 0.15) is 95.3 Å². The molecule has 0 aromatic heterocycles. The van der Waals surface area contributed by atoms with Gasteiger partial charge in [-0.3, -0.25) is 13.9 Å². The maximum absolute atomic E-state index is 14.3. The van der Waals surface area contributed by atoms with Crippen molar-refractivity contribution < 1.29 is 45.1 Å². The van der Waals surface area contributed by atoms with E-state index in [0.717, 1.165) is 60.5 Å². The quantitative estimate of drug-likeness (QED) is 0.139. The van der Waals surface area contributed by atoms with E-state index in [-0.39, 0.29) is 66.2 Å². The van der Waals surface area contributed by atoms with Crippen LogP contribution in [-0.2, 0) is 34.7 Å². The fraction of sp³-hybridized carbons (Fsp3) is 0.474. The molecule has 1 aliphatic heterocycles. The first-order valence-corrected chi connectivity index (χ1v) is 19.5. The summed E-state index contributed by atoms with van der Waals surface area (Å²) >= 11 is 0. The highest BCUT2D eigenvalue weighted by Gasteiger charge is 2.46. The Kier molecular flexibility index (Phi) is 13.5. The van der Waals surface area contributed by atoms with Gasteiger partial charge in [0, 0.05) is 48.9 Å². The van der Waals surface area contributed by atoms with Gasteiger partial charge in [-0.1, -0.05) is 38.8 Å². The monoisotopic (exact) mass is 800 g/mol. The first-order valence-electron chi connectivity index (χ1n) is 17.6. The van der Waals surface area contributed by atoms with Crippen molar-refractivity contribution in [2.45, 2.75) is 95.2 Å². The number of aliphatic hydroxyl groups is 1. The summed E-state index contributed by atoms with van der Waals surface area (Å²) < 4.78 is 95.0. The van der Waals surface area contributed by atoms with Gasteiger partial charge < -0.3 is 20.6 Å². The summed E-state index contributed by atoms with van der Waals surface area (Å²) in [6.07, 6.45) is -1.20. The van der Waals surface area contributed by atoms with E-state index >= 15 is 0 Å². The van der Waals surface area contributed by atoms with E-state index in [1.807, 2.05) is 13.8 Å². The highest BCUT2D eigenvalue weighted by atomic mass is 35.5. The zero-order valence-electron chi connectivity index (χ0n) is 30.5. The molecule has 16 heteroatoms. The molecule has 1 fully saturated rings. The van der Waals surface area contributed by atoms with Gasteiger partial charge in [0.15, 0.2) is 0 Å². The SMILES string of the molecule is CCCC(CCC)N1Cc2c(C(=O)N[C@@H](Cc3cc(F)cc(F)c3)[C@@H](O)CNC3(c4cccc(C(F)(F)F)c4)CC3)cc(N(C)S(C)(=O)=O)cc2C1=O.Cl. The molecule has 0 saturated heterocycles. The summed E-state index contributed by atoms with van der Waals surface area (Å²) in [5, 5.41) is 17.5. The Balaban J connectivity index is 0.00000650. The average Bonchev–Trinajstić information content (AvgIpc) is 3.81. The highest BCUT2D eigenvalue weighted by Crippen LogP contribution is 2.46. The summed E-state index contributed by atoms with van der Waals surface area (Å²) in [4.78, 5) is 29.8. The summed E-state index contributed by atoms with van der Waals surface area (Å²) in [7, 11) is -2.53. The number of amides is 2. The number of carbonyl (C=O) groups is 2. The molecular formula is C38H46ClF5N4O5S. The average molecular weight is 801 g/mol. The number of carbonyl (C=O) groups excluding carboxylic acids is 2. The minimum Gasteiger partial charge on any atom is -0.390 e. The van der Waals surface area contributed by atoms with Crippen molar-refractivity contribution in [2.24, 2.45) is 0 Å². The van der Waals surface area contributed by atoms with Gasteiger partial charge in [-0.05, 0) is 85.2 Å². The Morgan fingerprint density at radius 1 is 1.02 bits per heavy atom. The molecule has 9 nitrogen and oxygen atoms in total. The normalized spacial score (nSPS) is 16.1. The molecule has 0 radical (unpaired) electrons. The molecule has 2 amide bonds.